The van der Waals surface area contributed by atoms with Crippen LogP contribution in [-0.4, -0.2) is 47.9 Å². The Labute approximate surface area is 131 Å². The van der Waals surface area contributed by atoms with Gasteiger partial charge in [-0.2, -0.15) is 0 Å². The predicted molar refractivity (Wildman–Crippen MR) is 85.0 cm³/mol. The van der Waals surface area contributed by atoms with Crippen molar-refractivity contribution in [3.8, 4) is 11.5 Å². The molecule has 0 spiro atoms. The van der Waals surface area contributed by atoms with Crippen LogP contribution in [0, 0.1) is 0 Å². The zero-order chi connectivity index (χ0) is 16.8. The van der Waals surface area contributed by atoms with Crippen LogP contribution in [-0.2, 0) is 14.8 Å². The van der Waals surface area contributed by atoms with E-state index in [1.165, 1.54) is 14.2 Å². The van der Waals surface area contributed by atoms with Crippen molar-refractivity contribution in [2.75, 3.05) is 37.9 Å². The number of carbonyl (C=O) groups is 1. The Balaban J connectivity index is 3.15. The van der Waals surface area contributed by atoms with Gasteiger partial charge in [-0.05, 0) is 18.6 Å². The summed E-state index contributed by atoms with van der Waals surface area (Å²) in [5, 5.41) is 2.65. The molecule has 0 aromatic heterocycles. The van der Waals surface area contributed by atoms with E-state index in [1.807, 2.05) is 6.92 Å². The second-order valence-corrected chi connectivity index (χ2v) is 6.56. The number of methoxy groups -OCH3 is 2. The van der Waals surface area contributed by atoms with Gasteiger partial charge in [0.25, 0.3) is 0 Å². The summed E-state index contributed by atoms with van der Waals surface area (Å²) in [4.78, 5) is 11.9. The minimum Gasteiger partial charge on any atom is -0.497 e. The molecule has 0 radical (unpaired) electrons. The standard InChI is InChI=1S/C14H22N2O5S/c1-5-8-15-14(17)10-16(22(4,18)19)12-7-6-11(20-2)9-13(12)21-3/h6-7,9H,5,8,10H2,1-4H3,(H,15,17). The van der Waals surface area contributed by atoms with E-state index in [-0.39, 0.29) is 18.1 Å². The van der Waals surface area contributed by atoms with Crippen molar-refractivity contribution in [3.63, 3.8) is 0 Å². The van der Waals surface area contributed by atoms with Crippen LogP contribution in [0.3, 0.4) is 0 Å². The Morgan fingerprint density at radius 1 is 1.27 bits per heavy atom. The van der Waals surface area contributed by atoms with E-state index in [0.29, 0.717) is 18.0 Å². The van der Waals surface area contributed by atoms with Gasteiger partial charge in [0.05, 0.1) is 26.2 Å². The van der Waals surface area contributed by atoms with Crippen LogP contribution < -0.4 is 19.1 Å². The smallest absolute Gasteiger partial charge is 0.240 e. The third-order valence-electron chi connectivity index (χ3n) is 2.92. The summed E-state index contributed by atoms with van der Waals surface area (Å²) in [6.07, 6.45) is 1.82. The fraction of sp³-hybridized carbons (Fsp3) is 0.500. The zero-order valence-electron chi connectivity index (χ0n) is 13.3. The van der Waals surface area contributed by atoms with Crippen molar-refractivity contribution in [2.24, 2.45) is 0 Å². The first-order valence-corrected chi connectivity index (χ1v) is 8.64. The molecule has 1 N–H and O–H groups in total. The first kappa shape index (κ1) is 18.1. The highest BCUT2D eigenvalue weighted by atomic mass is 32.2. The Morgan fingerprint density at radius 2 is 1.95 bits per heavy atom. The van der Waals surface area contributed by atoms with Crippen molar-refractivity contribution in [2.45, 2.75) is 13.3 Å². The van der Waals surface area contributed by atoms with E-state index < -0.39 is 10.0 Å². The number of rotatable bonds is 8. The summed E-state index contributed by atoms with van der Waals surface area (Å²) in [5.41, 5.74) is 0.289. The average Bonchev–Trinajstić information content (AvgIpc) is 2.48. The second-order valence-electron chi connectivity index (χ2n) is 4.66. The zero-order valence-corrected chi connectivity index (χ0v) is 14.1. The fourth-order valence-corrected chi connectivity index (χ4v) is 2.68. The molecule has 0 saturated heterocycles. The second kappa shape index (κ2) is 7.88. The third-order valence-corrected chi connectivity index (χ3v) is 4.04. The molecule has 8 heteroatoms. The number of hydrogen-bond donors (Lipinski definition) is 1. The van der Waals surface area contributed by atoms with Crippen LogP contribution in [0.1, 0.15) is 13.3 Å². The van der Waals surface area contributed by atoms with E-state index in [2.05, 4.69) is 5.32 Å². The molecular weight excluding hydrogens is 308 g/mol. The lowest BCUT2D eigenvalue weighted by molar-refractivity contribution is -0.119. The van der Waals surface area contributed by atoms with Gasteiger partial charge in [-0.1, -0.05) is 6.92 Å². The number of hydrogen-bond acceptors (Lipinski definition) is 5. The van der Waals surface area contributed by atoms with Crippen molar-refractivity contribution in [1.29, 1.82) is 0 Å². The van der Waals surface area contributed by atoms with E-state index in [4.69, 9.17) is 9.47 Å². The van der Waals surface area contributed by atoms with Crippen LogP contribution in [0.5, 0.6) is 11.5 Å². The molecule has 0 heterocycles. The number of carbonyl (C=O) groups excluding carboxylic acids is 1. The Hall–Kier alpha value is -1.96. The lowest BCUT2D eigenvalue weighted by Gasteiger charge is -2.24. The largest absolute Gasteiger partial charge is 0.497 e. The fourth-order valence-electron chi connectivity index (χ4n) is 1.82. The molecule has 1 amide bonds. The molecule has 0 aliphatic carbocycles. The van der Waals surface area contributed by atoms with Gasteiger partial charge in [-0.15, -0.1) is 0 Å². The monoisotopic (exact) mass is 330 g/mol. The maximum absolute atomic E-state index is 12.0. The molecule has 22 heavy (non-hydrogen) atoms. The molecule has 1 rings (SSSR count). The van der Waals surface area contributed by atoms with E-state index >= 15 is 0 Å². The van der Waals surface area contributed by atoms with Gasteiger partial charge in [-0.3, -0.25) is 9.10 Å². The van der Waals surface area contributed by atoms with Gasteiger partial charge in [0.15, 0.2) is 0 Å². The van der Waals surface area contributed by atoms with Crippen LogP contribution in [0.4, 0.5) is 5.69 Å². The SMILES string of the molecule is CCCNC(=O)CN(c1ccc(OC)cc1OC)S(C)(=O)=O. The van der Waals surface area contributed by atoms with Crippen molar-refractivity contribution >= 4 is 21.6 Å². The molecule has 0 fully saturated rings. The Bertz CT molecular complexity index is 616. The number of nitrogens with zero attached hydrogens (tertiary/aromatic N) is 1. The first-order chi connectivity index (χ1) is 10.3. The summed E-state index contributed by atoms with van der Waals surface area (Å²) >= 11 is 0. The van der Waals surface area contributed by atoms with Crippen LogP contribution in [0.2, 0.25) is 0 Å². The topological polar surface area (TPSA) is 84.9 Å². The van der Waals surface area contributed by atoms with Crippen LogP contribution in [0.25, 0.3) is 0 Å². The number of nitrogens with one attached hydrogen (secondary N) is 1. The minimum absolute atomic E-state index is 0.289. The van der Waals surface area contributed by atoms with Gasteiger partial charge in [0.2, 0.25) is 15.9 Å². The highest BCUT2D eigenvalue weighted by Crippen LogP contribution is 2.33. The quantitative estimate of drug-likeness (QED) is 0.768. The molecule has 1 aromatic carbocycles. The molecule has 0 aliphatic heterocycles. The molecule has 1 aromatic rings. The Kier molecular flexibility index (Phi) is 6.48. The van der Waals surface area contributed by atoms with E-state index in [9.17, 15) is 13.2 Å². The van der Waals surface area contributed by atoms with Gasteiger partial charge in [0.1, 0.15) is 18.0 Å². The molecule has 0 unspecified atom stereocenters. The first-order valence-electron chi connectivity index (χ1n) is 6.80. The predicted octanol–water partition coefficient (Wildman–Crippen LogP) is 0.996. The summed E-state index contributed by atoms with van der Waals surface area (Å²) in [7, 11) is -0.711. The van der Waals surface area contributed by atoms with Gasteiger partial charge in [0, 0.05) is 12.6 Å². The third kappa shape index (κ3) is 4.80. The molecular formula is C14H22N2O5S. The number of ether oxygens (including phenoxy) is 2. The molecule has 7 nitrogen and oxygen atoms in total. The summed E-state index contributed by atoms with van der Waals surface area (Å²) in [6, 6.07) is 4.73. The van der Waals surface area contributed by atoms with Gasteiger partial charge in [-0.25, -0.2) is 8.42 Å². The summed E-state index contributed by atoms with van der Waals surface area (Å²) in [5.74, 6) is 0.475. The normalized spacial score (nSPS) is 10.9. The van der Waals surface area contributed by atoms with E-state index in [0.717, 1.165) is 17.0 Å². The van der Waals surface area contributed by atoms with Crippen LogP contribution >= 0.6 is 0 Å². The molecule has 124 valence electrons. The number of sulfonamides is 1. The minimum atomic E-state index is -3.64. The highest BCUT2D eigenvalue weighted by molar-refractivity contribution is 7.92. The van der Waals surface area contributed by atoms with Crippen molar-refractivity contribution in [1.82, 2.24) is 5.32 Å². The lowest BCUT2D eigenvalue weighted by Crippen LogP contribution is -2.40. The number of amides is 1. The van der Waals surface area contributed by atoms with Gasteiger partial charge >= 0.3 is 0 Å². The summed E-state index contributed by atoms with van der Waals surface area (Å²) < 4.78 is 35.3. The average molecular weight is 330 g/mol. The molecule has 0 saturated carbocycles. The number of benzene rings is 1. The van der Waals surface area contributed by atoms with Crippen molar-refractivity contribution < 1.29 is 22.7 Å². The van der Waals surface area contributed by atoms with Gasteiger partial charge < -0.3 is 14.8 Å². The lowest BCUT2D eigenvalue weighted by atomic mass is 10.2. The van der Waals surface area contributed by atoms with Crippen LogP contribution in [0.15, 0.2) is 18.2 Å². The molecule has 0 bridgehead atoms. The summed E-state index contributed by atoms with van der Waals surface area (Å²) in [6.45, 7) is 2.11. The maximum Gasteiger partial charge on any atom is 0.240 e. The van der Waals surface area contributed by atoms with E-state index in [1.54, 1.807) is 18.2 Å². The molecule has 0 aliphatic rings. The maximum atomic E-state index is 12.0. The molecule has 0 atom stereocenters. The van der Waals surface area contributed by atoms with Crippen molar-refractivity contribution in [3.05, 3.63) is 18.2 Å². The Morgan fingerprint density at radius 3 is 2.45 bits per heavy atom. The highest BCUT2D eigenvalue weighted by Gasteiger charge is 2.24. The number of anilines is 1.